The van der Waals surface area contributed by atoms with Gasteiger partial charge in [0.15, 0.2) is 5.76 Å². The molecule has 0 saturated heterocycles. The fourth-order valence-corrected chi connectivity index (χ4v) is 2.26. The molecule has 21 heavy (non-hydrogen) atoms. The van der Waals surface area contributed by atoms with Crippen molar-refractivity contribution in [3.8, 4) is 22.6 Å². The maximum atomic E-state index is 11.6. The average molecular weight is 279 g/mol. The highest BCUT2D eigenvalue weighted by atomic mass is 16.5. The van der Waals surface area contributed by atoms with E-state index in [4.69, 9.17) is 4.52 Å². The summed E-state index contributed by atoms with van der Waals surface area (Å²) in [6, 6.07) is 16.6. The van der Waals surface area contributed by atoms with Crippen LogP contribution in [-0.2, 0) is 0 Å². The fraction of sp³-hybridized carbons (Fsp3) is 0.0588. The summed E-state index contributed by atoms with van der Waals surface area (Å²) in [5, 5.41) is 13.5. The Morgan fingerprint density at radius 1 is 1.05 bits per heavy atom. The molecule has 0 saturated carbocycles. The molecule has 0 bridgehead atoms. The molecule has 0 aliphatic carbocycles. The molecule has 4 heteroatoms. The van der Waals surface area contributed by atoms with Crippen molar-refractivity contribution in [1.29, 1.82) is 0 Å². The van der Waals surface area contributed by atoms with Gasteiger partial charge in [0.05, 0.1) is 0 Å². The van der Waals surface area contributed by atoms with E-state index in [0.717, 1.165) is 11.1 Å². The maximum absolute atomic E-state index is 11.6. The molecule has 0 fully saturated rings. The molecule has 2 aromatic carbocycles. The number of nitrogens with zero attached hydrogens (tertiary/aromatic N) is 1. The molecule has 0 amide bonds. The van der Waals surface area contributed by atoms with Crippen LogP contribution in [0.5, 0.6) is 0 Å². The SMILES string of the molecule is Cc1cccc(-c2noc(-c3ccccc3)c2C(=O)O)c1. The zero-order valence-corrected chi connectivity index (χ0v) is 11.4. The van der Waals surface area contributed by atoms with Gasteiger partial charge in [0.2, 0.25) is 0 Å². The van der Waals surface area contributed by atoms with E-state index in [2.05, 4.69) is 5.16 Å². The third kappa shape index (κ3) is 2.43. The largest absolute Gasteiger partial charge is 0.477 e. The van der Waals surface area contributed by atoms with E-state index in [1.54, 1.807) is 12.1 Å². The van der Waals surface area contributed by atoms with E-state index in [1.165, 1.54) is 0 Å². The monoisotopic (exact) mass is 279 g/mol. The van der Waals surface area contributed by atoms with Crippen molar-refractivity contribution in [1.82, 2.24) is 5.16 Å². The maximum Gasteiger partial charge on any atom is 0.342 e. The van der Waals surface area contributed by atoms with Crippen LogP contribution in [0.1, 0.15) is 15.9 Å². The van der Waals surface area contributed by atoms with E-state index in [-0.39, 0.29) is 11.3 Å². The van der Waals surface area contributed by atoms with Crippen LogP contribution in [0.25, 0.3) is 22.6 Å². The Morgan fingerprint density at radius 2 is 1.76 bits per heavy atom. The Hall–Kier alpha value is -2.88. The molecule has 0 radical (unpaired) electrons. The third-order valence-electron chi connectivity index (χ3n) is 3.23. The molecule has 0 aliphatic heterocycles. The zero-order chi connectivity index (χ0) is 14.8. The summed E-state index contributed by atoms with van der Waals surface area (Å²) in [6.45, 7) is 1.95. The molecule has 3 rings (SSSR count). The van der Waals surface area contributed by atoms with E-state index < -0.39 is 5.97 Å². The number of aromatic nitrogens is 1. The van der Waals surface area contributed by atoms with Crippen molar-refractivity contribution < 1.29 is 14.4 Å². The number of benzene rings is 2. The second-order valence-electron chi connectivity index (χ2n) is 4.78. The lowest BCUT2D eigenvalue weighted by atomic mass is 10.0. The predicted molar refractivity (Wildman–Crippen MR) is 79.1 cm³/mol. The second-order valence-corrected chi connectivity index (χ2v) is 4.78. The molecule has 1 aromatic heterocycles. The normalized spacial score (nSPS) is 10.5. The Balaban J connectivity index is 2.20. The highest BCUT2D eigenvalue weighted by Crippen LogP contribution is 2.32. The first-order valence-electron chi connectivity index (χ1n) is 6.52. The number of aromatic carboxylic acids is 1. The van der Waals surface area contributed by atoms with Gasteiger partial charge >= 0.3 is 5.97 Å². The van der Waals surface area contributed by atoms with Gasteiger partial charge in [-0.1, -0.05) is 59.3 Å². The summed E-state index contributed by atoms with van der Waals surface area (Å²) < 4.78 is 5.31. The molecule has 104 valence electrons. The number of carboxylic acids is 1. The van der Waals surface area contributed by atoms with Gasteiger partial charge in [0.25, 0.3) is 0 Å². The van der Waals surface area contributed by atoms with Crippen LogP contribution in [0.3, 0.4) is 0 Å². The van der Waals surface area contributed by atoms with Crippen molar-refractivity contribution in [3.63, 3.8) is 0 Å². The first kappa shape index (κ1) is 13.1. The van der Waals surface area contributed by atoms with E-state index >= 15 is 0 Å². The third-order valence-corrected chi connectivity index (χ3v) is 3.23. The van der Waals surface area contributed by atoms with Crippen molar-refractivity contribution in [2.75, 3.05) is 0 Å². The van der Waals surface area contributed by atoms with Gasteiger partial charge in [-0.15, -0.1) is 0 Å². The fourth-order valence-electron chi connectivity index (χ4n) is 2.26. The van der Waals surface area contributed by atoms with Crippen molar-refractivity contribution in [3.05, 3.63) is 65.7 Å². The van der Waals surface area contributed by atoms with Crippen LogP contribution < -0.4 is 0 Å². The van der Waals surface area contributed by atoms with Gasteiger partial charge in [0, 0.05) is 11.1 Å². The number of hydrogen-bond donors (Lipinski definition) is 1. The number of aryl methyl sites for hydroxylation is 1. The first-order valence-corrected chi connectivity index (χ1v) is 6.52. The summed E-state index contributed by atoms with van der Waals surface area (Å²) in [6.07, 6.45) is 0. The molecule has 1 N–H and O–H groups in total. The highest BCUT2D eigenvalue weighted by molar-refractivity contribution is 6.00. The lowest BCUT2D eigenvalue weighted by Gasteiger charge is -2.01. The van der Waals surface area contributed by atoms with Crippen molar-refractivity contribution in [2.24, 2.45) is 0 Å². The minimum absolute atomic E-state index is 0.0896. The molecule has 0 atom stereocenters. The Labute approximate surface area is 121 Å². The second kappa shape index (κ2) is 5.25. The Kier molecular flexibility index (Phi) is 3.28. The Bertz CT molecular complexity index is 791. The predicted octanol–water partition coefficient (Wildman–Crippen LogP) is 4.02. The van der Waals surface area contributed by atoms with Crippen LogP contribution in [0.2, 0.25) is 0 Å². The smallest absolute Gasteiger partial charge is 0.342 e. The Morgan fingerprint density at radius 3 is 2.43 bits per heavy atom. The highest BCUT2D eigenvalue weighted by Gasteiger charge is 2.24. The average Bonchev–Trinajstić information content (AvgIpc) is 2.93. The minimum Gasteiger partial charge on any atom is -0.477 e. The zero-order valence-electron chi connectivity index (χ0n) is 11.4. The van der Waals surface area contributed by atoms with Crippen molar-refractivity contribution in [2.45, 2.75) is 6.92 Å². The first-order chi connectivity index (χ1) is 10.2. The van der Waals surface area contributed by atoms with Gasteiger partial charge in [-0.25, -0.2) is 4.79 Å². The van der Waals surface area contributed by atoms with Gasteiger partial charge in [-0.05, 0) is 13.0 Å². The lowest BCUT2D eigenvalue weighted by Crippen LogP contribution is -1.99. The van der Waals surface area contributed by atoms with Gasteiger partial charge < -0.3 is 9.63 Å². The van der Waals surface area contributed by atoms with Gasteiger partial charge in [0.1, 0.15) is 11.3 Å². The number of rotatable bonds is 3. The summed E-state index contributed by atoms with van der Waals surface area (Å²) >= 11 is 0. The number of hydrogen-bond acceptors (Lipinski definition) is 3. The molecular weight excluding hydrogens is 266 g/mol. The molecule has 0 aliphatic rings. The summed E-state index contributed by atoms with van der Waals surface area (Å²) in [4.78, 5) is 11.6. The van der Waals surface area contributed by atoms with Crippen LogP contribution >= 0.6 is 0 Å². The molecule has 0 spiro atoms. The van der Waals surface area contributed by atoms with E-state index in [9.17, 15) is 9.90 Å². The van der Waals surface area contributed by atoms with E-state index in [0.29, 0.717) is 11.3 Å². The molecule has 0 unspecified atom stereocenters. The number of carbonyl (C=O) groups is 1. The molecular formula is C17H13NO3. The van der Waals surface area contributed by atoms with Crippen LogP contribution in [-0.4, -0.2) is 16.2 Å². The molecule has 1 heterocycles. The topological polar surface area (TPSA) is 63.3 Å². The minimum atomic E-state index is -1.05. The molecule has 3 aromatic rings. The van der Waals surface area contributed by atoms with Crippen LogP contribution in [0.4, 0.5) is 0 Å². The summed E-state index contributed by atoms with van der Waals surface area (Å²) in [7, 11) is 0. The standard InChI is InChI=1S/C17H13NO3/c1-11-6-5-9-13(10-11)15-14(17(19)20)16(21-18-15)12-7-3-2-4-8-12/h2-10H,1H3,(H,19,20). The van der Waals surface area contributed by atoms with Crippen LogP contribution in [0, 0.1) is 6.92 Å². The van der Waals surface area contributed by atoms with Crippen LogP contribution in [0.15, 0.2) is 59.1 Å². The lowest BCUT2D eigenvalue weighted by molar-refractivity contribution is 0.0698. The summed E-state index contributed by atoms with van der Waals surface area (Å²) in [5.41, 5.74) is 2.91. The number of carboxylic acid groups (broad SMARTS) is 1. The van der Waals surface area contributed by atoms with E-state index in [1.807, 2.05) is 49.4 Å². The molecule has 4 nitrogen and oxygen atoms in total. The van der Waals surface area contributed by atoms with Gasteiger partial charge in [-0.2, -0.15) is 0 Å². The van der Waals surface area contributed by atoms with Crippen molar-refractivity contribution >= 4 is 5.97 Å². The summed E-state index contributed by atoms with van der Waals surface area (Å²) in [5.74, 6) is -0.772. The van der Waals surface area contributed by atoms with Gasteiger partial charge in [-0.3, -0.25) is 0 Å². The quantitative estimate of drug-likeness (QED) is 0.786.